The van der Waals surface area contributed by atoms with Crippen LogP contribution in [0.4, 0.5) is 5.69 Å². The average Bonchev–Trinajstić information content (AvgIpc) is 2.16. The molecule has 0 atom stereocenters. The van der Waals surface area contributed by atoms with Crippen molar-refractivity contribution in [2.24, 2.45) is 0 Å². The number of nitrogens with two attached hydrogens (primary N) is 1. The Morgan fingerprint density at radius 1 is 1.36 bits per heavy atom. The number of halogens is 1. The Balaban J connectivity index is 2.49. The maximum absolute atomic E-state index is 6.04. The van der Waals surface area contributed by atoms with Crippen LogP contribution in [0.2, 0.25) is 5.02 Å². The average molecular weight is 248 g/mol. The molecule has 78 valence electrons. The lowest BCUT2D eigenvalue weighted by molar-refractivity contribution is 1.12. The third-order valence-electron chi connectivity index (χ3n) is 1.74. The molecule has 0 unspecified atom stereocenters. The Morgan fingerprint density at radius 2 is 2.14 bits per heavy atom. The van der Waals surface area contributed by atoms with Crippen LogP contribution in [0.25, 0.3) is 0 Å². The summed E-state index contributed by atoms with van der Waals surface area (Å²) < 4.78 is 0. The van der Waals surface area contributed by atoms with E-state index in [-0.39, 0.29) is 0 Å². The maximum Gasteiger partial charge on any atom is 0.0562 e. The molecule has 0 radical (unpaired) electrons. The molecule has 0 fully saturated rings. The van der Waals surface area contributed by atoms with Crippen molar-refractivity contribution < 1.29 is 0 Å². The molecular weight excluding hydrogens is 234 g/mol. The minimum atomic E-state index is 0.763. The fraction of sp³-hybridized carbons (Fsp3) is 0.400. The molecule has 0 aliphatic heterocycles. The van der Waals surface area contributed by atoms with Gasteiger partial charge < -0.3 is 5.73 Å². The van der Waals surface area contributed by atoms with Crippen LogP contribution in [0, 0.1) is 0 Å². The van der Waals surface area contributed by atoms with Crippen LogP contribution < -0.4 is 5.73 Å². The van der Waals surface area contributed by atoms with E-state index in [2.05, 4.69) is 6.26 Å². The van der Waals surface area contributed by atoms with Gasteiger partial charge in [0.2, 0.25) is 0 Å². The van der Waals surface area contributed by atoms with Crippen molar-refractivity contribution in [3.63, 3.8) is 0 Å². The van der Waals surface area contributed by atoms with Gasteiger partial charge in [0.15, 0.2) is 0 Å². The van der Waals surface area contributed by atoms with Crippen LogP contribution in [0.15, 0.2) is 23.1 Å². The number of thioether (sulfide) groups is 2. The molecule has 1 aromatic carbocycles. The Kier molecular flexibility index (Phi) is 5.60. The van der Waals surface area contributed by atoms with Gasteiger partial charge in [-0.15, -0.1) is 11.8 Å². The zero-order valence-corrected chi connectivity index (χ0v) is 10.5. The monoisotopic (exact) mass is 247 g/mol. The number of anilines is 1. The van der Waals surface area contributed by atoms with Gasteiger partial charge in [-0.05, 0) is 36.3 Å². The zero-order chi connectivity index (χ0) is 10.4. The van der Waals surface area contributed by atoms with Gasteiger partial charge in [-0.3, -0.25) is 0 Å². The van der Waals surface area contributed by atoms with E-state index in [4.69, 9.17) is 17.3 Å². The normalized spacial score (nSPS) is 10.4. The SMILES string of the molecule is CSCCCSc1c(N)cccc1Cl. The highest BCUT2D eigenvalue weighted by atomic mass is 35.5. The summed E-state index contributed by atoms with van der Waals surface area (Å²) in [5, 5.41) is 0.763. The third-order valence-corrected chi connectivity index (χ3v) is 4.10. The Morgan fingerprint density at radius 3 is 2.79 bits per heavy atom. The highest BCUT2D eigenvalue weighted by Crippen LogP contribution is 2.32. The summed E-state index contributed by atoms with van der Waals surface area (Å²) in [5.74, 6) is 2.27. The molecule has 0 saturated carbocycles. The Labute approximate surface area is 98.8 Å². The third kappa shape index (κ3) is 3.64. The number of rotatable bonds is 5. The summed E-state index contributed by atoms with van der Waals surface area (Å²) in [6.45, 7) is 0. The van der Waals surface area contributed by atoms with Crippen molar-refractivity contribution in [3.05, 3.63) is 23.2 Å². The van der Waals surface area contributed by atoms with Gasteiger partial charge in [-0.25, -0.2) is 0 Å². The molecule has 0 amide bonds. The van der Waals surface area contributed by atoms with Crippen molar-refractivity contribution in [2.45, 2.75) is 11.3 Å². The van der Waals surface area contributed by atoms with E-state index in [1.807, 2.05) is 30.0 Å². The molecule has 1 rings (SSSR count). The molecule has 0 aromatic heterocycles. The Hall–Kier alpha value is 0.01000. The van der Waals surface area contributed by atoms with Crippen molar-refractivity contribution in [3.8, 4) is 0 Å². The molecule has 2 N–H and O–H groups in total. The van der Waals surface area contributed by atoms with Crippen LogP contribution in [-0.4, -0.2) is 17.8 Å². The number of nitrogen functional groups attached to an aromatic ring is 1. The lowest BCUT2D eigenvalue weighted by atomic mass is 10.3. The lowest BCUT2D eigenvalue weighted by Gasteiger charge is -2.06. The molecule has 0 aliphatic rings. The zero-order valence-electron chi connectivity index (χ0n) is 8.13. The van der Waals surface area contributed by atoms with Crippen LogP contribution >= 0.6 is 35.1 Å². The summed E-state index contributed by atoms with van der Waals surface area (Å²) in [7, 11) is 0. The summed E-state index contributed by atoms with van der Waals surface area (Å²) in [6.07, 6.45) is 3.31. The van der Waals surface area contributed by atoms with Crippen molar-refractivity contribution in [1.82, 2.24) is 0 Å². The smallest absolute Gasteiger partial charge is 0.0562 e. The number of hydrogen-bond acceptors (Lipinski definition) is 3. The molecule has 0 aliphatic carbocycles. The molecule has 0 spiro atoms. The van der Waals surface area contributed by atoms with Crippen LogP contribution in [0.1, 0.15) is 6.42 Å². The second-order valence-electron chi connectivity index (χ2n) is 2.85. The topological polar surface area (TPSA) is 26.0 Å². The van der Waals surface area contributed by atoms with Crippen molar-refractivity contribution >= 4 is 40.8 Å². The van der Waals surface area contributed by atoms with Gasteiger partial charge >= 0.3 is 0 Å². The van der Waals surface area contributed by atoms with Gasteiger partial charge in [0.1, 0.15) is 0 Å². The number of benzene rings is 1. The van der Waals surface area contributed by atoms with Crippen molar-refractivity contribution in [2.75, 3.05) is 23.5 Å². The largest absolute Gasteiger partial charge is 0.398 e. The van der Waals surface area contributed by atoms with E-state index in [1.54, 1.807) is 11.8 Å². The fourth-order valence-corrected chi connectivity index (χ4v) is 2.95. The van der Waals surface area contributed by atoms with Crippen LogP contribution in [0.5, 0.6) is 0 Å². The highest BCUT2D eigenvalue weighted by molar-refractivity contribution is 8.00. The van der Waals surface area contributed by atoms with E-state index in [0.717, 1.165) is 21.4 Å². The first-order chi connectivity index (χ1) is 6.75. The summed E-state index contributed by atoms with van der Waals surface area (Å²) in [6, 6.07) is 5.65. The second kappa shape index (κ2) is 6.49. The van der Waals surface area contributed by atoms with Gasteiger partial charge in [-0.2, -0.15) is 11.8 Å². The predicted molar refractivity (Wildman–Crippen MR) is 69.6 cm³/mol. The van der Waals surface area contributed by atoms with Gasteiger partial charge in [0, 0.05) is 10.6 Å². The first kappa shape index (κ1) is 12.1. The molecule has 0 saturated heterocycles. The summed E-state index contributed by atoms with van der Waals surface area (Å²) >= 11 is 9.65. The molecule has 14 heavy (non-hydrogen) atoms. The Bertz CT molecular complexity index is 271. The number of hydrogen-bond donors (Lipinski definition) is 1. The minimum Gasteiger partial charge on any atom is -0.398 e. The van der Waals surface area contributed by atoms with Gasteiger partial charge in [0.25, 0.3) is 0 Å². The molecular formula is C10H14ClNS2. The van der Waals surface area contributed by atoms with Crippen molar-refractivity contribution in [1.29, 1.82) is 0 Å². The van der Waals surface area contributed by atoms with Gasteiger partial charge in [-0.1, -0.05) is 17.7 Å². The van der Waals surface area contributed by atoms with Crippen LogP contribution in [-0.2, 0) is 0 Å². The standard InChI is InChI=1S/C10H14ClNS2/c1-13-6-3-7-14-10-8(11)4-2-5-9(10)12/h2,4-5H,3,6-7,12H2,1H3. The second-order valence-corrected chi connectivity index (χ2v) is 5.35. The fourth-order valence-electron chi connectivity index (χ4n) is 1.06. The highest BCUT2D eigenvalue weighted by Gasteiger charge is 2.03. The molecule has 1 aromatic rings. The molecule has 0 bridgehead atoms. The lowest BCUT2D eigenvalue weighted by Crippen LogP contribution is -1.90. The molecule has 4 heteroatoms. The van der Waals surface area contributed by atoms with Gasteiger partial charge in [0.05, 0.1) is 5.02 Å². The predicted octanol–water partition coefficient (Wildman–Crippen LogP) is 3.77. The minimum absolute atomic E-state index is 0.763. The quantitative estimate of drug-likeness (QED) is 0.487. The van der Waals surface area contributed by atoms with E-state index in [0.29, 0.717) is 0 Å². The van der Waals surface area contributed by atoms with E-state index in [1.165, 1.54) is 12.2 Å². The molecule has 0 heterocycles. The van der Waals surface area contributed by atoms with Crippen LogP contribution in [0.3, 0.4) is 0 Å². The first-order valence-electron chi connectivity index (χ1n) is 4.41. The summed E-state index contributed by atoms with van der Waals surface area (Å²) in [5.41, 5.74) is 6.61. The molecule has 1 nitrogen and oxygen atoms in total. The first-order valence-corrected chi connectivity index (χ1v) is 7.17. The van der Waals surface area contributed by atoms with E-state index < -0.39 is 0 Å². The maximum atomic E-state index is 6.04. The van der Waals surface area contributed by atoms with E-state index >= 15 is 0 Å². The van der Waals surface area contributed by atoms with E-state index in [9.17, 15) is 0 Å². The summed E-state index contributed by atoms with van der Waals surface area (Å²) in [4.78, 5) is 1.02.